The van der Waals surface area contributed by atoms with E-state index in [9.17, 15) is 9.70 Å². The van der Waals surface area contributed by atoms with E-state index >= 15 is 0 Å². The molecule has 0 aliphatic rings. The van der Waals surface area contributed by atoms with Crippen LogP contribution in [0.15, 0.2) is 18.2 Å². The molecular formula is C11H13ClNO3+. The van der Waals surface area contributed by atoms with E-state index in [1.165, 1.54) is 18.2 Å². The van der Waals surface area contributed by atoms with Crippen molar-refractivity contribution in [1.82, 2.24) is 0 Å². The smallest absolute Gasteiger partial charge is 0.338 e. The van der Waals surface area contributed by atoms with Crippen LogP contribution in [0, 0.1) is 4.91 Å². The molecule has 0 radical (unpaired) electrons. The summed E-state index contributed by atoms with van der Waals surface area (Å²) in [6.07, 6.45) is 0. The van der Waals surface area contributed by atoms with E-state index in [0.717, 1.165) is 0 Å². The molecule has 1 N–H and O–H groups in total. The van der Waals surface area contributed by atoms with Crippen molar-refractivity contribution in [3.8, 4) is 0 Å². The molecule has 0 aliphatic carbocycles. The van der Waals surface area contributed by atoms with Crippen molar-refractivity contribution in [2.75, 3.05) is 0 Å². The first-order chi connectivity index (χ1) is 7.33. The maximum absolute atomic E-state index is 11.6. The molecule has 0 bridgehead atoms. The third-order valence-corrected chi connectivity index (χ3v) is 2.04. The Kier molecular flexibility index (Phi) is 3.65. The summed E-state index contributed by atoms with van der Waals surface area (Å²) >= 11 is 5.72. The second-order valence-electron chi connectivity index (χ2n) is 4.30. The fourth-order valence-corrected chi connectivity index (χ4v) is 1.22. The minimum absolute atomic E-state index is 0.157. The summed E-state index contributed by atoms with van der Waals surface area (Å²) in [7, 11) is 0. The van der Waals surface area contributed by atoms with Gasteiger partial charge in [-0.15, -0.1) is 0 Å². The highest BCUT2D eigenvalue weighted by Crippen LogP contribution is 2.20. The summed E-state index contributed by atoms with van der Waals surface area (Å²) in [6, 6.07) is 4.35. The summed E-state index contributed by atoms with van der Waals surface area (Å²) in [5.41, 5.74) is -0.121. The van der Waals surface area contributed by atoms with E-state index in [1.54, 1.807) is 25.9 Å². The van der Waals surface area contributed by atoms with Crippen molar-refractivity contribution in [2.45, 2.75) is 26.4 Å². The number of hydrogen-bond donors (Lipinski definition) is 1. The number of esters is 1. The van der Waals surface area contributed by atoms with Crippen LogP contribution < -0.4 is 5.18 Å². The van der Waals surface area contributed by atoms with Crippen molar-refractivity contribution >= 4 is 23.3 Å². The van der Waals surface area contributed by atoms with E-state index in [1.807, 2.05) is 0 Å². The van der Waals surface area contributed by atoms with Gasteiger partial charge in [0.25, 0.3) is 5.69 Å². The predicted octanol–water partition coefficient (Wildman–Crippen LogP) is 1.77. The molecule has 1 rings (SSSR count). The normalized spacial score (nSPS) is 11.0. The summed E-state index contributed by atoms with van der Waals surface area (Å²) in [6.45, 7) is 5.31. The van der Waals surface area contributed by atoms with Crippen molar-refractivity contribution < 1.29 is 14.7 Å². The van der Waals surface area contributed by atoms with E-state index < -0.39 is 11.6 Å². The number of hydrogen-bond acceptors (Lipinski definition) is 3. The number of benzene rings is 1. The zero-order valence-corrected chi connectivity index (χ0v) is 10.1. The molecule has 5 heteroatoms. The van der Waals surface area contributed by atoms with Gasteiger partial charge < -0.3 is 4.74 Å². The fourth-order valence-electron chi connectivity index (χ4n) is 1.07. The average Bonchev–Trinajstić information content (AvgIpc) is 2.15. The number of halogens is 1. The SMILES string of the molecule is CC(C)(C)OC(=O)c1ccc(Cl)c([NH+]=O)c1. The van der Waals surface area contributed by atoms with Crippen LogP contribution in [0.3, 0.4) is 0 Å². The summed E-state index contributed by atoms with van der Waals surface area (Å²) in [5.74, 6) is -0.485. The minimum Gasteiger partial charge on any atom is -0.456 e. The topological polar surface area (TPSA) is 57.3 Å². The summed E-state index contributed by atoms with van der Waals surface area (Å²) < 4.78 is 5.15. The Bertz CT molecular complexity index is 424. The lowest BCUT2D eigenvalue weighted by atomic mass is 10.1. The number of nitroso groups, excluding NO2 is 1. The van der Waals surface area contributed by atoms with Crippen LogP contribution in [0.1, 0.15) is 31.1 Å². The second kappa shape index (κ2) is 4.61. The van der Waals surface area contributed by atoms with Gasteiger partial charge in [-0.05, 0) is 32.9 Å². The lowest BCUT2D eigenvalue weighted by Crippen LogP contribution is -2.56. The molecule has 1 aromatic rings. The van der Waals surface area contributed by atoms with Gasteiger partial charge in [0.1, 0.15) is 10.6 Å². The number of carbonyl (C=O) groups is 1. The van der Waals surface area contributed by atoms with Gasteiger partial charge >= 0.3 is 5.97 Å². The molecule has 0 unspecified atom stereocenters. The van der Waals surface area contributed by atoms with Crippen LogP contribution in [-0.2, 0) is 4.74 Å². The number of carbonyl (C=O) groups excluding carboxylic acids is 1. The molecular weight excluding hydrogens is 230 g/mol. The van der Waals surface area contributed by atoms with Crippen molar-refractivity contribution in [3.05, 3.63) is 33.7 Å². The lowest BCUT2D eigenvalue weighted by molar-refractivity contribution is -0.379. The lowest BCUT2D eigenvalue weighted by Gasteiger charge is -2.19. The second-order valence-corrected chi connectivity index (χ2v) is 4.71. The first kappa shape index (κ1) is 12.6. The Balaban J connectivity index is 2.97. The molecule has 0 heterocycles. The van der Waals surface area contributed by atoms with Crippen LogP contribution in [0.5, 0.6) is 0 Å². The van der Waals surface area contributed by atoms with Gasteiger partial charge in [-0.25, -0.2) is 4.79 Å². The molecule has 0 fully saturated rings. The standard InChI is InChI=1S/C11H12ClNO3/c1-11(2,3)16-10(14)7-4-5-8(12)9(6-7)13-15/h4-6H,1-3H3/p+1. The molecule has 1 aromatic carbocycles. The van der Waals surface area contributed by atoms with E-state index in [2.05, 4.69) is 0 Å². The number of ether oxygens (including phenoxy) is 1. The number of nitrogens with one attached hydrogen (secondary N) is 1. The third kappa shape index (κ3) is 3.31. The number of rotatable bonds is 2. The zero-order valence-electron chi connectivity index (χ0n) is 9.33. The van der Waals surface area contributed by atoms with E-state index in [0.29, 0.717) is 0 Å². The van der Waals surface area contributed by atoms with Gasteiger partial charge in [0.2, 0.25) is 0 Å². The molecule has 0 aromatic heterocycles. The third-order valence-electron chi connectivity index (χ3n) is 1.71. The largest absolute Gasteiger partial charge is 0.456 e. The average molecular weight is 243 g/mol. The molecule has 0 aliphatic heterocycles. The van der Waals surface area contributed by atoms with Crippen LogP contribution >= 0.6 is 11.6 Å². The van der Waals surface area contributed by atoms with Gasteiger partial charge in [0.05, 0.1) is 5.56 Å². The molecule has 0 amide bonds. The highest BCUT2D eigenvalue weighted by Gasteiger charge is 2.19. The van der Waals surface area contributed by atoms with Gasteiger partial charge in [-0.1, -0.05) is 11.6 Å². The molecule has 16 heavy (non-hydrogen) atoms. The Labute approximate surface area is 98.5 Å². The highest BCUT2D eigenvalue weighted by molar-refractivity contribution is 6.32. The maximum atomic E-state index is 11.6. The van der Waals surface area contributed by atoms with Crippen molar-refractivity contribution in [1.29, 1.82) is 0 Å². The summed E-state index contributed by atoms with van der Waals surface area (Å²) in [4.78, 5) is 22.2. The van der Waals surface area contributed by atoms with Gasteiger partial charge in [0, 0.05) is 16.2 Å². The van der Waals surface area contributed by atoms with E-state index in [-0.39, 0.29) is 16.3 Å². The Morgan fingerprint density at radius 2 is 2.00 bits per heavy atom. The van der Waals surface area contributed by atoms with Crippen LogP contribution in [0.25, 0.3) is 0 Å². The Morgan fingerprint density at radius 1 is 1.38 bits per heavy atom. The molecule has 86 valence electrons. The molecule has 0 saturated heterocycles. The summed E-state index contributed by atoms with van der Waals surface area (Å²) in [5, 5.41) is 1.93. The van der Waals surface area contributed by atoms with Crippen LogP contribution in [-0.4, -0.2) is 11.6 Å². The maximum Gasteiger partial charge on any atom is 0.338 e. The molecule has 0 atom stereocenters. The van der Waals surface area contributed by atoms with Crippen molar-refractivity contribution in [2.24, 2.45) is 0 Å². The molecule has 0 saturated carbocycles. The van der Waals surface area contributed by atoms with Crippen LogP contribution in [0.2, 0.25) is 5.02 Å². The first-order valence-electron chi connectivity index (χ1n) is 4.74. The van der Waals surface area contributed by atoms with Crippen molar-refractivity contribution in [3.63, 3.8) is 0 Å². The van der Waals surface area contributed by atoms with Gasteiger partial charge in [0.15, 0.2) is 0 Å². The van der Waals surface area contributed by atoms with Gasteiger partial charge in [-0.2, -0.15) is 0 Å². The Hall–Kier alpha value is -1.42. The quantitative estimate of drug-likeness (QED) is 0.805. The first-order valence-corrected chi connectivity index (χ1v) is 5.12. The monoisotopic (exact) mass is 242 g/mol. The predicted molar refractivity (Wildman–Crippen MR) is 60.6 cm³/mol. The zero-order chi connectivity index (χ0) is 12.3. The van der Waals surface area contributed by atoms with Crippen LogP contribution in [0.4, 0.5) is 5.69 Å². The highest BCUT2D eigenvalue weighted by atomic mass is 35.5. The molecule has 4 nitrogen and oxygen atoms in total. The minimum atomic E-state index is -0.568. The molecule has 0 spiro atoms. The van der Waals surface area contributed by atoms with E-state index in [4.69, 9.17) is 16.3 Å². The fraction of sp³-hybridized carbons (Fsp3) is 0.364. The Morgan fingerprint density at radius 3 is 2.50 bits per heavy atom. The van der Waals surface area contributed by atoms with Gasteiger partial charge in [-0.3, -0.25) is 0 Å².